The molecule has 1 aliphatic rings. The predicted molar refractivity (Wildman–Crippen MR) is 101 cm³/mol. The molecule has 27 heavy (non-hydrogen) atoms. The molecular weight excluding hydrogens is 373 g/mol. The Bertz CT molecular complexity index is 785. The summed E-state index contributed by atoms with van der Waals surface area (Å²) in [5, 5.41) is 2.60. The minimum atomic E-state index is -3.07. The minimum Gasteiger partial charge on any atom is -0.334 e. The van der Waals surface area contributed by atoms with Crippen LogP contribution in [0.15, 0.2) is 24.3 Å². The second-order valence-corrected chi connectivity index (χ2v) is 9.24. The maximum atomic E-state index is 13.2. The molecule has 150 valence electrons. The molecule has 1 aliphatic heterocycles. The third-order valence-corrected chi connectivity index (χ3v) is 6.21. The molecule has 9 heteroatoms. The Balaban J connectivity index is 1.89. The lowest BCUT2D eigenvalue weighted by atomic mass is 10.2. The number of amides is 2. The fraction of sp³-hybridized carbons (Fsp3) is 0.556. The van der Waals surface area contributed by atoms with E-state index in [-0.39, 0.29) is 42.5 Å². The van der Waals surface area contributed by atoms with Gasteiger partial charge in [-0.1, -0.05) is 13.0 Å². The second kappa shape index (κ2) is 9.27. The molecule has 1 heterocycles. The zero-order chi connectivity index (χ0) is 20.0. The van der Waals surface area contributed by atoms with Crippen molar-refractivity contribution in [2.24, 2.45) is 0 Å². The van der Waals surface area contributed by atoms with Crippen LogP contribution in [0.5, 0.6) is 0 Å². The molecule has 0 radical (unpaired) electrons. The first-order chi connectivity index (χ1) is 12.7. The van der Waals surface area contributed by atoms with Crippen LogP contribution in [0.3, 0.4) is 0 Å². The predicted octanol–water partition coefficient (Wildman–Crippen LogP) is -0.295. The fourth-order valence-corrected chi connectivity index (χ4v) is 4.97. The van der Waals surface area contributed by atoms with E-state index in [9.17, 15) is 22.4 Å². The van der Waals surface area contributed by atoms with Crippen molar-refractivity contribution in [1.29, 1.82) is 0 Å². The second-order valence-electron chi connectivity index (χ2n) is 7.01. The molecule has 0 bridgehead atoms. The summed E-state index contributed by atoms with van der Waals surface area (Å²) >= 11 is 0. The quantitative estimate of drug-likeness (QED) is 0.628. The lowest BCUT2D eigenvalue weighted by Gasteiger charge is -2.28. The van der Waals surface area contributed by atoms with Gasteiger partial charge in [0.2, 0.25) is 0 Å². The lowest BCUT2D eigenvalue weighted by molar-refractivity contribution is -0.862. The van der Waals surface area contributed by atoms with Crippen molar-refractivity contribution in [2.45, 2.75) is 25.8 Å². The van der Waals surface area contributed by atoms with Crippen molar-refractivity contribution in [3.8, 4) is 0 Å². The standard InChI is InChI=1S/C18H26FN3O4S/c1-3-8-22(16-7-9-27(25,26)13-16)18(24)12-21(2)11-17(23)20-15-6-4-5-14(19)10-15/h4-6,10,16H,3,7-9,11-13H2,1-2H3,(H,20,23)/p+1/t16-/m1/s1. The highest BCUT2D eigenvalue weighted by Gasteiger charge is 2.35. The Hall–Kier alpha value is -2.00. The van der Waals surface area contributed by atoms with Crippen LogP contribution in [-0.2, 0) is 19.4 Å². The van der Waals surface area contributed by atoms with Crippen LogP contribution in [0.1, 0.15) is 19.8 Å². The molecule has 2 N–H and O–H groups in total. The van der Waals surface area contributed by atoms with Gasteiger partial charge in [0.25, 0.3) is 11.8 Å². The molecule has 0 aromatic heterocycles. The smallest absolute Gasteiger partial charge is 0.279 e. The Labute approximate surface area is 159 Å². The number of halogens is 1. The Morgan fingerprint density at radius 1 is 1.33 bits per heavy atom. The van der Waals surface area contributed by atoms with Crippen LogP contribution >= 0.6 is 0 Å². The topological polar surface area (TPSA) is 88.0 Å². The molecule has 1 saturated heterocycles. The van der Waals surface area contributed by atoms with Crippen LogP contribution in [-0.4, -0.2) is 69.4 Å². The van der Waals surface area contributed by atoms with Crippen LogP contribution in [0.25, 0.3) is 0 Å². The SMILES string of the molecule is CCCN(C(=O)C[NH+](C)CC(=O)Nc1cccc(F)c1)[C@@H]1CCS(=O)(=O)C1. The molecule has 2 rings (SSSR count). The monoisotopic (exact) mass is 400 g/mol. The van der Waals surface area contributed by atoms with E-state index in [2.05, 4.69) is 5.32 Å². The molecule has 0 spiro atoms. The van der Waals surface area contributed by atoms with Crippen molar-refractivity contribution >= 4 is 27.3 Å². The average molecular weight is 400 g/mol. The average Bonchev–Trinajstić information content (AvgIpc) is 2.91. The molecule has 0 saturated carbocycles. The number of rotatable bonds is 8. The van der Waals surface area contributed by atoms with Gasteiger partial charge in [-0.2, -0.15) is 0 Å². The van der Waals surface area contributed by atoms with E-state index in [0.717, 1.165) is 6.42 Å². The number of hydrogen-bond donors (Lipinski definition) is 2. The number of nitrogens with zero attached hydrogens (tertiary/aromatic N) is 1. The van der Waals surface area contributed by atoms with E-state index in [1.807, 2.05) is 6.92 Å². The molecule has 1 fully saturated rings. The molecule has 1 aromatic rings. The zero-order valence-electron chi connectivity index (χ0n) is 15.7. The third-order valence-electron chi connectivity index (χ3n) is 4.46. The van der Waals surface area contributed by atoms with E-state index in [0.29, 0.717) is 23.6 Å². The number of sulfone groups is 1. The van der Waals surface area contributed by atoms with Crippen molar-refractivity contribution in [3.63, 3.8) is 0 Å². The Morgan fingerprint density at radius 2 is 2.07 bits per heavy atom. The van der Waals surface area contributed by atoms with E-state index >= 15 is 0 Å². The first kappa shape index (κ1) is 21.3. The van der Waals surface area contributed by atoms with Gasteiger partial charge in [0.15, 0.2) is 22.9 Å². The van der Waals surface area contributed by atoms with Crippen molar-refractivity contribution in [1.82, 2.24) is 4.90 Å². The molecule has 2 atom stereocenters. The van der Waals surface area contributed by atoms with Gasteiger partial charge in [-0.3, -0.25) is 9.59 Å². The van der Waals surface area contributed by atoms with Crippen molar-refractivity contribution in [3.05, 3.63) is 30.1 Å². The van der Waals surface area contributed by atoms with E-state index in [1.54, 1.807) is 18.0 Å². The molecule has 1 unspecified atom stereocenters. The first-order valence-corrected chi connectivity index (χ1v) is 10.9. The van der Waals surface area contributed by atoms with Crippen LogP contribution in [0.2, 0.25) is 0 Å². The van der Waals surface area contributed by atoms with E-state index < -0.39 is 15.7 Å². The normalized spacial score (nSPS) is 19.4. The molecule has 7 nitrogen and oxygen atoms in total. The Morgan fingerprint density at radius 3 is 2.67 bits per heavy atom. The molecular formula is C18H27FN3O4S+. The summed E-state index contributed by atoms with van der Waals surface area (Å²) in [6, 6.07) is 5.32. The lowest BCUT2D eigenvalue weighted by Crippen LogP contribution is -3.11. The summed E-state index contributed by atoms with van der Waals surface area (Å²) < 4.78 is 36.6. The number of benzene rings is 1. The van der Waals surface area contributed by atoms with E-state index in [1.165, 1.54) is 18.2 Å². The summed E-state index contributed by atoms with van der Waals surface area (Å²) in [6.07, 6.45) is 1.20. The first-order valence-electron chi connectivity index (χ1n) is 9.07. The van der Waals surface area contributed by atoms with Crippen LogP contribution in [0.4, 0.5) is 10.1 Å². The highest BCUT2D eigenvalue weighted by atomic mass is 32.2. The van der Waals surface area contributed by atoms with Gasteiger partial charge in [0.1, 0.15) is 5.82 Å². The van der Waals surface area contributed by atoms with Crippen molar-refractivity contribution in [2.75, 3.05) is 43.5 Å². The zero-order valence-corrected chi connectivity index (χ0v) is 16.5. The number of quaternary nitrogens is 1. The highest BCUT2D eigenvalue weighted by molar-refractivity contribution is 7.91. The van der Waals surface area contributed by atoms with Gasteiger partial charge in [-0.25, -0.2) is 12.8 Å². The number of hydrogen-bond acceptors (Lipinski definition) is 4. The van der Waals surface area contributed by atoms with Gasteiger partial charge in [-0.05, 0) is 31.0 Å². The number of likely N-dealkylation sites (N-methyl/N-ethyl adjacent to an activating group) is 1. The van der Waals surface area contributed by atoms with Gasteiger partial charge in [0, 0.05) is 18.3 Å². The number of carbonyl (C=O) groups excluding carboxylic acids is 2. The summed E-state index contributed by atoms with van der Waals surface area (Å²) in [5.41, 5.74) is 0.364. The minimum absolute atomic E-state index is 0.0118. The summed E-state index contributed by atoms with van der Waals surface area (Å²) in [4.78, 5) is 27.1. The maximum absolute atomic E-state index is 13.2. The number of carbonyl (C=O) groups is 2. The maximum Gasteiger partial charge on any atom is 0.279 e. The molecule has 2 amide bonds. The largest absolute Gasteiger partial charge is 0.334 e. The van der Waals surface area contributed by atoms with Gasteiger partial charge in [-0.15, -0.1) is 0 Å². The fourth-order valence-electron chi connectivity index (χ4n) is 3.24. The number of nitrogens with one attached hydrogen (secondary N) is 2. The number of anilines is 1. The third kappa shape index (κ3) is 6.59. The summed E-state index contributed by atoms with van der Waals surface area (Å²) in [6.45, 7) is 2.58. The van der Waals surface area contributed by atoms with E-state index in [4.69, 9.17) is 0 Å². The van der Waals surface area contributed by atoms with Gasteiger partial charge in [0.05, 0.1) is 18.6 Å². The van der Waals surface area contributed by atoms with Gasteiger partial charge >= 0.3 is 0 Å². The van der Waals surface area contributed by atoms with Crippen LogP contribution in [0, 0.1) is 5.82 Å². The van der Waals surface area contributed by atoms with Crippen LogP contribution < -0.4 is 10.2 Å². The van der Waals surface area contributed by atoms with Gasteiger partial charge < -0.3 is 15.1 Å². The summed E-state index contributed by atoms with van der Waals surface area (Å²) in [5.74, 6) is -0.793. The van der Waals surface area contributed by atoms with Crippen molar-refractivity contribution < 1.29 is 27.3 Å². The Kier molecular flexibility index (Phi) is 7.32. The molecule has 0 aliphatic carbocycles. The highest BCUT2D eigenvalue weighted by Crippen LogP contribution is 2.18. The summed E-state index contributed by atoms with van der Waals surface area (Å²) in [7, 11) is -1.35. The molecule has 1 aromatic carbocycles.